The van der Waals surface area contributed by atoms with Crippen molar-refractivity contribution < 1.29 is 42.5 Å². The zero-order valence-corrected chi connectivity index (χ0v) is 22.8. The van der Waals surface area contributed by atoms with Gasteiger partial charge in [-0.2, -0.15) is 0 Å². The van der Waals surface area contributed by atoms with Crippen molar-refractivity contribution in [1.82, 2.24) is 0 Å². The molecule has 0 radical (unpaired) electrons. The molecule has 0 amide bonds. The molecule has 3 heterocycles. The van der Waals surface area contributed by atoms with Gasteiger partial charge < -0.3 is 32.9 Å². The van der Waals surface area contributed by atoms with E-state index in [9.17, 15) is 19.5 Å². The molecule has 212 valence electrons. The third-order valence-electron chi connectivity index (χ3n) is 7.23. The first-order valence-electron chi connectivity index (χ1n) is 12.9. The van der Waals surface area contributed by atoms with Crippen LogP contribution in [0.3, 0.4) is 0 Å². The molecule has 10 nitrogen and oxygen atoms in total. The Balaban J connectivity index is 1.45. The number of rotatable bonds is 6. The third kappa shape index (κ3) is 4.43. The van der Waals surface area contributed by atoms with Crippen LogP contribution < -0.4 is 19.6 Å². The molecule has 0 spiro atoms. The lowest BCUT2D eigenvalue weighted by Crippen LogP contribution is -2.21. The van der Waals surface area contributed by atoms with Gasteiger partial charge in [-0.3, -0.25) is 9.59 Å². The summed E-state index contributed by atoms with van der Waals surface area (Å²) in [6.07, 6.45) is 1.22. The van der Waals surface area contributed by atoms with Crippen LogP contribution in [0.1, 0.15) is 34.0 Å². The van der Waals surface area contributed by atoms with Crippen molar-refractivity contribution in [2.75, 3.05) is 21.3 Å². The minimum Gasteiger partial charge on any atom is -0.507 e. The summed E-state index contributed by atoms with van der Waals surface area (Å²) in [5.41, 5.74) is 1.79. The summed E-state index contributed by atoms with van der Waals surface area (Å²) in [6.45, 7) is 0. The molecule has 0 aliphatic carbocycles. The molecular formula is C32H24O10. The van der Waals surface area contributed by atoms with Crippen LogP contribution in [0.15, 0.2) is 80.6 Å². The Labute approximate surface area is 238 Å². The Hall–Kier alpha value is -5.51. The van der Waals surface area contributed by atoms with Crippen molar-refractivity contribution >= 4 is 22.9 Å². The van der Waals surface area contributed by atoms with Crippen molar-refractivity contribution in [3.63, 3.8) is 0 Å². The van der Waals surface area contributed by atoms with E-state index in [4.69, 9.17) is 27.8 Å². The highest BCUT2D eigenvalue weighted by molar-refractivity contribution is 5.94. The van der Waals surface area contributed by atoms with E-state index in [1.165, 1.54) is 33.7 Å². The topological polar surface area (TPSA) is 135 Å². The minimum atomic E-state index is -0.664. The standard InChI is InChI=1S/C32H24O10/c1-37-24-9-8-18(12-25(24)38-2)20-15-40-31-28-19(13-27(34)42-26(28)14-21(33)29(31)30(20)35)23-11-10-22(41-23)16-4-6-17(7-5-16)32(36)39-3/h4-12,14-15,19,33H,13H2,1-3H3/t19-/m0/s1. The number of esters is 2. The fourth-order valence-corrected chi connectivity index (χ4v) is 5.16. The van der Waals surface area contributed by atoms with Crippen LogP contribution in [-0.4, -0.2) is 38.4 Å². The predicted octanol–water partition coefficient (Wildman–Crippen LogP) is 5.67. The lowest BCUT2D eigenvalue weighted by molar-refractivity contribution is -0.135. The smallest absolute Gasteiger partial charge is 0.337 e. The zero-order valence-electron chi connectivity index (χ0n) is 22.8. The molecule has 1 aliphatic heterocycles. The fraction of sp³-hybridized carbons (Fsp3) is 0.156. The van der Waals surface area contributed by atoms with Gasteiger partial charge in [0.1, 0.15) is 40.3 Å². The van der Waals surface area contributed by atoms with E-state index >= 15 is 0 Å². The molecule has 1 atom stereocenters. The molecule has 6 rings (SSSR count). The second-order valence-corrected chi connectivity index (χ2v) is 9.56. The Morgan fingerprint density at radius 3 is 2.36 bits per heavy atom. The molecule has 0 unspecified atom stereocenters. The van der Waals surface area contributed by atoms with Gasteiger partial charge in [0.15, 0.2) is 11.5 Å². The summed E-state index contributed by atoms with van der Waals surface area (Å²) in [4.78, 5) is 38.1. The zero-order chi connectivity index (χ0) is 29.5. The minimum absolute atomic E-state index is 0.0610. The second kappa shape index (κ2) is 10.5. The van der Waals surface area contributed by atoms with Crippen LogP contribution in [0.2, 0.25) is 0 Å². The summed E-state index contributed by atoms with van der Waals surface area (Å²) in [7, 11) is 4.31. The maximum absolute atomic E-state index is 13.7. The van der Waals surface area contributed by atoms with Crippen molar-refractivity contribution in [1.29, 1.82) is 0 Å². The molecule has 1 N–H and O–H groups in total. The van der Waals surface area contributed by atoms with E-state index in [0.717, 1.165) is 0 Å². The number of carbonyl (C=O) groups excluding carboxylic acids is 2. The molecule has 5 aromatic rings. The van der Waals surface area contributed by atoms with Gasteiger partial charge in [-0.1, -0.05) is 18.2 Å². The van der Waals surface area contributed by atoms with Gasteiger partial charge in [-0.25, -0.2) is 4.79 Å². The van der Waals surface area contributed by atoms with Crippen LogP contribution in [0.5, 0.6) is 23.0 Å². The van der Waals surface area contributed by atoms with Crippen molar-refractivity contribution in [3.8, 4) is 45.4 Å². The average molecular weight is 569 g/mol. The van der Waals surface area contributed by atoms with Crippen molar-refractivity contribution in [2.24, 2.45) is 0 Å². The lowest BCUT2D eigenvalue weighted by atomic mass is 9.88. The number of phenols is 1. The molecule has 42 heavy (non-hydrogen) atoms. The number of benzene rings is 3. The molecule has 3 aromatic carbocycles. The number of methoxy groups -OCH3 is 3. The molecule has 0 saturated heterocycles. The SMILES string of the molecule is COC(=O)c1ccc(-c2ccc([C@@H]3CC(=O)Oc4cc(O)c5c(=O)c(-c6ccc(OC)c(OC)c6)coc5c43)o2)cc1. The molecular weight excluding hydrogens is 544 g/mol. The Morgan fingerprint density at radius 1 is 0.905 bits per heavy atom. The summed E-state index contributed by atoms with van der Waals surface area (Å²) in [5, 5.41) is 10.8. The number of hydrogen-bond donors (Lipinski definition) is 1. The summed E-state index contributed by atoms with van der Waals surface area (Å²) in [6, 6.07) is 16.4. The number of fused-ring (bicyclic) bond motifs is 3. The van der Waals surface area contributed by atoms with Crippen LogP contribution >= 0.6 is 0 Å². The summed E-state index contributed by atoms with van der Waals surface area (Å²) in [5.74, 6) is -0.123. The van der Waals surface area contributed by atoms with E-state index in [1.807, 2.05) is 0 Å². The highest BCUT2D eigenvalue weighted by atomic mass is 16.5. The molecule has 0 bridgehead atoms. The number of ether oxygens (including phenoxy) is 4. The second-order valence-electron chi connectivity index (χ2n) is 9.56. The first-order valence-corrected chi connectivity index (χ1v) is 12.9. The Kier molecular flexibility index (Phi) is 6.66. The molecule has 10 heteroatoms. The molecule has 2 aromatic heterocycles. The van der Waals surface area contributed by atoms with E-state index in [1.54, 1.807) is 54.6 Å². The van der Waals surface area contributed by atoms with Gasteiger partial charge in [0.05, 0.1) is 44.8 Å². The van der Waals surface area contributed by atoms with Crippen LogP contribution in [0.25, 0.3) is 33.4 Å². The lowest BCUT2D eigenvalue weighted by Gasteiger charge is -2.24. The maximum Gasteiger partial charge on any atom is 0.337 e. The first-order chi connectivity index (χ1) is 20.3. The van der Waals surface area contributed by atoms with Gasteiger partial charge >= 0.3 is 11.9 Å². The number of furan rings is 1. The molecule has 0 fully saturated rings. The van der Waals surface area contributed by atoms with Gasteiger partial charge in [0.25, 0.3) is 0 Å². The monoisotopic (exact) mass is 568 g/mol. The number of carbonyl (C=O) groups is 2. The predicted molar refractivity (Wildman–Crippen MR) is 150 cm³/mol. The maximum atomic E-state index is 13.7. The Bertz CT molecular complexity index is 1910. The fourth-order valence-electron chi connectivity index (χ4n) is 5.16. The number of hydrogen-bond acceptors (Lipinski definition) is 10. The normalized spacial score (nSPS) is 14.3. The van der Waals surface area contributed by atoms with Gasteiger partial charge in [0, 0.05) is 17.2 Å². The first kappa shape index (κ1) is 26.7. The van der Waals surface area contributed by atoms with Gasteiger partial charge in [-0.05, 0) is 42.0 Å². The summed E-state index contributed by atoms with van der Waals surface area (Å²) < 4.78 is 33.0. The van der Waals surface area contributed by atoms with Crippen molar-refractivity contribution in [2.45, 2.75) is 12.3 Å². The van der Waals surface area contributed by atoms with Crippen LogP contribution in [0.4, 0.5) is 0 Å². The van der Waals surface area contributed by atoms with Crippen LogP contribution in [0, 0.1) is 0 Å². The molecule has 1 aliphatic rings. The van der Waals surface area contributed by atoms with Crippen LogP contribution in [-0.2, 0) is 9.53 Å². The largest absolute Gasteiger partial charge is 0.507 e. The number of aromatic hydroxyl groups is 1. The quantitative estimate of drug-likeness (QED) is 0.202. The van der Waals surface area contributed by atoms with Gasteiger partial charge in [-0.15, -0.1) is 0 Å². The van der Waals surface area contributed by atoms with E-state index in [2.05, 4.69) is 0 Å². The highest BCUT2D eigenvalue weighted by Crippen LogP contribution is 2.46. The van der Waals surface area contributed by atoms with E-state index in [-0.39, 0.29) is 34.5 Å². The summed E-state index contributed by atoms with van der Waals surface area (Å²) >= 11 is 0. The molecule has 0 saturated carbocycles. The van der Waals surface area contributed by atoms with E-state index in [0.29, 0.717) is 45.3 Å². The highest BCUT2D eigenvalue weighted by Gasteiger charge is 2.35. The Morgan fingerprint density at radius 2 is 1.64 bits per heavy atom. The van der Waals surface area contributed by atoms with Crippen molar-refractivity contribution in [3.05, 3.63) is 94.0 Å². The number of phenolic OH excluding ortho intramolecular Hbond substituents is 1. The van der Waals surface area contributed by atoms with Gasteiger partial charge in [0.2, 0.25) is 5.43 Å². The third-order valence-corrected chi connectivity index (χ3v) is 7.23. The average Bonchev–Trinajstić information content (AvgIpc) is 3.50. The van der Waals surface area contributed by atoms with E-state index < -0.39 is 23.3 Å².